The molecule has 3 nitrogen and oxygen atoms in total. The lowest BCUT2D eigenvalue weighted by molar-refractivity contribution is -0.143. The monoisotopic (exact) mass is 337 g/mol. The lowest BCUT2D eigenvalue weighted by atomic mass is 10.1. The second-order valence-corrected chi connectivity index (χ2v) is 5.69. The summed E-state index contributed by atoms with van der Waals surface area (Å²) in [5, 5.41) is 3.21. The van der Waals surface area contributed by atoms with Gasteiger partial charge < -0.3 is 5.32 Å². The van der Waals surface area contributed by atoms with Gasteiger partial charge in [0.2, 0.25) is 0 Å². The van der Waals surface area contributed by atoms with E-state index in [0.29, 0.717) is 19.6 Å². The van der Waals surface area contributed by atoms with E-state index in [-0.39, 0.29) is 5.92 Å². The quantitative estimate of drug-likeness (QED) is 0.914. The van der Waals surface area contributed by atoms with E-state index >= 15 is 0 Å². The van der Waals surface area contributed by atoms with Crippen molar-refractivity contribution in [2.75, 3.05) is 31.5 Å². The molecule has 2 heterocycles. The van der Waals surface area contributed by atoms with E-state index in [4.69, 9.17) is 0 Å². The van der Waals surface area contributed by atoms with Gasteiger partial charge in [-0.3, -0.25) is 9.88 Å². The molecule has 7 heteroatoms. The summed E-state index contributed by atoms with van der Waals surface area (Å²) in [5.74, 6) is 0.251. The Morgan fingerprint density at radius 3 is 2.89 bits per heavy atom. The van der Waals surface area contributed by atoms with Crippen LogP contribution in [0.25, 0.3) is 0 Å². The molecule has 0 amide bonds. The topological polar surface area (TPSA) is 28.2 Å². The van der Waals surface area contributed by atoms with Gasteiger partial charge in [0.15, 0.2) is 0 Å². The lowest BCUT2D eigenvalue weighted by Crippen LogP contribution is -2.33. The first-order valence-corrected chi connectivity index (χ1v) is 6.85. The lowest BCUT2D eigenvalue weighted by Gasteiger charge is -2.18. The number of halogens is 4. The molecule has 1 unspecified atom stereocenters. The summed E-state index contributed by atoms with van der Waals surface area (Å²) < 4.78 is 37.7. The largest absolute Gasteiger partial charge is 0.401 e. The number of likely N-dealkylation sites (tertiary alicyclic amines) is 1. The Kier molecular flexibility index (Phi) is 4.67. The van der Waals surface area contributed by atoms with Gasteiger partial charge in [0.05, 0.1) is 18.4 Å². The number of alkyl halides is 3. The predicted octanol–water partition coefficient (Wildman–Crippen LogP) is 3.14. The number of hydrogen-bond donors (Lipinski definition) is 1. The van der Waals surface area contributed by atoms with Crippen LogP contribution in [0.3, 0.4) is 0 Å². The van der Waals surface area contributed by atoms with Crippen LogP contribution in [0.5, 0.6) is 0 Å². The van der Waals surface area contributed by atoms with Crippen LogP contribution in [0.15, 0.2) is 22.9 Å². The van der Waals surface area contributed by atoms with Crippen LogP contribution in [0.2, 0.25) is 0 Å². The van der Waals surface area contributed by atoms with Gasteiger partial charge in [-0.15, -0.1) is 0 Å². The van der Waals surface area contributed by atoms with Crippen molar-refractivity contribution in [1.82, 2.24) is 9.88 Å². The molecule has 1 N–H and O–H groups in total. The number of rotatable bonds is 4. The number of nitrogens with one attached hydrogen (secondary N) is 1. The van der Waals surface area contributed by atoms with Gasteiger partial charge in [0.1, 0.15) is 0 Å². The first-order chi connectivity index (χ1) is 8.92. The molecule has 0 bridgehead atoms. The van der Waals surface area contributed by atoms with Crippen LogP contribution in [0, 0.1) is 5.92 Å². The Labute approximate surface area is 118 Å². The third kappa shape index (κ3) is 4.99. The number of aromatic nitrogens is 1. The van der Waals surface area contributed by atoms with Crippen molar-refractivity contribution in [1.29, 1.82) is 0 Å². The molecule has 2 rings (SSSR count). The fraction of sp³-hybridized carbons (Fsp3) is 0.583. The summed E-state index contributed by atoms with van der Waals surface area (Å²) >= 11 is 3.32. The Morgan fingerprint density at radius 1 is 1.42 bits per heavy atom. The fourth-order valence-corrected chi connectivity index (χ4v) is 2.61. The zero-order valence-electron chi connectivity index (χ0n) is 10.3. The van der Waals surface area contributed by atoms with Gasteiger partial charge >= 0.3 is 6.18 Å². The normalized spacial score (nSPS) is 20.7. The van der Waals surface area contributed by atoms with E-state index in [1.54, 1.807) is 12.4 Å². The van der Waals surface area contributed by atoms with Gasteiger partial charge in [-0.25, -0.2) is 0 Å². The number of hydrogen-bond acceptors (Lipinski definition) is 3. The molecule has 1 aromatic heterocycles. The second kappa shape index (κ2) is 6.09. The van der Waals surface area contributed by atoms with Crippen LogP contribution >= 0.6 is 15.9 Å². The molecule has 0 aromatic carbocycles. The Morgan fingerprint density at radius 2 is 2.21 bits per heavy atom. The molecule has 1 aliphatic heterocycles. The molecule has 0 radical (unpaired) electrons. The number of pyridine rings is 1. The van der Waals surface area contributed by atoms with Crippen molar-refractivity contribution in [3.05, 3.63) is 22.9 Å². The maximum atomic E-state index is 12.3. The van der Waals surface area contributed by atoms with Crippen molar-refractivity contribution < 1.29 is 13.2 Å². The van der Waals surface area contributed by atoms with Crippen LogP contribution in [-0.2, 0) is 0 Å². The molecule has 1 aromatic rings. The number of anilines is 1. The molecular weight excluding hydrogens is 323 g/mol. The average Bonchev–Trinajstić information content (AvgIpc) is 2.72. The van der Waals surface area contributed by atoms with Crippen molar-refractivity contribution in [2.24, 2.45) is 5.92 Å². The Balaban J connectivity index is 1.76. The molecule has 0 saturated carbocycles. The summed E-state index contributed by atoms with van der Waals surface area (Å²) in [6, 6.07) is 1.90. The summed E-state index contributed by atoms with van der Waals surface area (Å²) in [6.07, 6.45) is 0.0834. The predicted molar refractivity (Wildman–Crippen MR) is 71.0 cm³/mol. The van der Waals surface area contributed by atoms with E-state index in [9.17, 15) is 13.2 Å². The molecule has 1 fully saturated rings. The minimum atomic E-state index is -4.10. The summed E-state index contributed by atoms with van der Waals surface area (Å²) in [6.45, 7) is 0.880. The zero-order valence-corrected chi connectivity index (χ0v) is 11.8. The van der Waals surface area contributed by atoms with Gasteiger partial charge in [-0.1, -0.05) is 0 Å². The van der Waals surface area contributed by atoms with Gasteiger partial charge in [-0.2, -0.15) is 13.2 Å². The average molecular weight is 338 g/mol. The third-order valence-electron chi connectivity index (χ3n) is 3.07. The highest BCUT2D eigenvalue weighted by Crippen LogP contribution is 2.23. The highest BCUT2D eigenvalue weighted by molar-refractivity contribution is 9.10. The maximum absolute atomic E-state index is 12.3. The van der Waals surface area contributed by atoms with Crippen molar-refractivity contribution in [3.63, 3.8) is 0 Å². The van der Waals surface area contributed by atoms with Crippen LogP contribution in [-0.4, -0.2) is 42.2 Å². The molecular formula is C12H15BrF3N3. The van der Waals surface area contributed by atoms with E-state index < -0.39 is 12.7 Å². The Hall–Kier alpha value is -0.820. The van der Waals surface area contributed by atoms with Gasteiger partial charge in [0.25, 0.3) is 0 Å². The maximum Gasteiger partial charge on any atom is 0.401 e. The molecule has 19 heavy (non-hydrogen) atoms. The van der Waals surface area contributed by atoms with E-state index in [0.717, 1.165) is 16.6 Å². The van der Waals surface area contributed by atoms with Crippen molar-refractivity contribution in [2.45, 2.75) is 12.6 Å². The van der Waals surface area contributed by atoms with Crippen LogP contribution in [0.4, 0.5) is 18.9 Å². The first kappa shape index (κ1) is 14.6. The van der Waals surface area contributed by atoms with E-state index in [2.05, 4.69) is 26.2 Å². The van der Waals surface area contributed by atoms with Gasteiger partial charge in [-0.05, 0) is 40.9 Å². The smallest absolute Gasteiger partial charge is 0.383 e. The third-order valence-corrected chi connectivity index (χ3v) is 3.51. The molecule has 106 valence electrons. The Bertz CT molecular complexity index is 425. The zero-order chi connectivity index (χ0) is 13.9. The summed E-state index contributed by atoms with van der Waals surface area (Å²) in [5.41, 5.74) is 0.878. The molecule has 0 spiro atoms. The first-order valence-electron chi connectivity index (χ1n) is 6.06. The SMILES string of the molecule is FC(F)(F)CN1CCC(CNc2cncc(Br)c2)C1. The molecule has 1 saturated heterocycles. The minimum absolute atomic E-state index is 0.251. The highest BCUT2D eigenvalue weighted by atomic mass is 79.9. The molecule has 1 aliphatic rings. The summed E-state index contributed by atoms with van der Waals surface area (Å²) in [4.78, 5) is 5.49. The second-order valence-electron chi connectivity index (χ2n) is 4.78. The standard InChI is InChI=1S/C12H15BrF3N3/c13-10-3-11(6-17-5-10)18-4-9-1-2-19(7-9)8-12(14,15)16/h3,5-6,9,18H,1-2,4,7-8H2. The highest BCUT2D eigenvalue weighted by Gasteiger charge is 2.34. The minimum Gasteiger partial charge on any atom is -0.383 e. The van der Waals surface area contributed by atoms with Crippen LogP contribution in [0.1, 0.15) is 6.42 Å². The van der Waals surface area contributed by atoms with E-state index in [1.165, 1.54) is 4.90 Å². The summed E-state index contributed by atoms with van der Waals surface area (Å²) in [7, 11) is 0. The van der Waals surface area contributed by atoms with Crippen LogP contribution < -0.4 is 5.32 Å². The molecule has 1 atom stereocenters. The van der Waals surface area contributed by atoms with Crippen molar-refractivity contribution >= 4 is 21.6 Å². The van der Waals surface area contributed by atoms with Gasteiger partial charge in [0, 0.05) is 23.8 Å². The number of nitrogens with zero attached hydrogens (tertiary/aromatic N) is 2. The van der Waals surface area contributed by atoms with E-state index in [1.807, 2.05) is 6.07 Å². The van der Waals surface area contributed by atoms with Crippen molar-refractivity contribution in [3.8, 4) is 0 Å². The molecule has 0 aliphatic carbocycles. The fourth-order valence-electron chi connectivity index (χ4n) is 2.25.